The van der Waals surface area contributed by atoms with Crippen molar-refractivity contribution >= 4 is 35.6 Å². The molecule has 216 valence electrons. The van der Waals surface area contributed by atoms with Gasteiger partial charge >= 0.3 is 5.97 Å². The fraction of sp³-hybridized carbons (Fsp3) is 0.478. The van der Waals surface area contributed by atoms with Gasteiger partial charge in [0.05, 0.1) is 12.6 Å². The van der Waals surface area contributed by atoms with Gasteiger partial charge in [-0.25, -0.2) is 4.79 Å². The third kappa shape index (κ3) is 12.6. The van der Waals surface area contributed by atoms with Gasteiger partial charge in [0.2, 0.25) is 23.6 Å². The standard InChI is InChI=1S/C23H36N8O8/c24-14(2-1-9-28-23(26)27)19(35)29-15(7-8-18(25)34)20(36)30-16(10-12-3-5-13(33)6-4-12)21(37)31-17(11-32)22(38)39/h3-6,14-17,32-33H,1-2,7-11,24H2,(H2,25,34)(H,29,35)(H,30,36)(H,31,37)(H,38,39)(H4,26,27,28). The number of guanidine groups is 1. The summed E-state index contributed by atoms with van der Waals surface area (Å²) in [6.07, 6.45) is -0.0873. The molecule has 0 aliphatic carbocycles. The molecule has 0 aromatic heterocycles. The molecule has 0 spiro atoms. The second-order valence-electron chi connectivity index (χ2n) is 8.64. The monoisotopic (exact) mass is 552 g/mol. The van der Waals surface area contributed by atoms with Crippen LogP contribution in [0.15, 0.2) is 29.3 Å². The van der Waals surface area contributed by atoms with Crippen LogP contribution in [0.1, 0.15) is 31.2 Å². The van der Waals surface area contributed by atoms with Crippen molar-refractivity contribution in [2.24, 2.45) is 27.9 Å². The smallest absolute Gasteiger partial charge is 0.328 e. The Bertz CT molecular complexity index is 1030. The Kier molecular flexibility index (Phi) is 13.7. The largest absolute Gasteiger partial charge is 0.508 e. The Morgan fingerprint density at radius 2 is 1.41 bits per heavy atom. The first-order chi connectivity index (χ1) is 18.3. The Morgan fingerprint density at radius 1 is 0.846 bits per heavy atom. The van der Waals surface area contributed by atoms with Gasteiger partial charge in [-0.05, 0) is 37.0 Å². The molecule has 0 fully saturated rings. The zero-order chi connectivity index (χ0) is 29.5. The van der Waals surface area contributed by atoms with Gasteiger partial charge in [0.15, 0.2) is 5.96 Å². The Labute approximate surface area is 224 Å². The van der Waals surface area contributed by atoms with Gasteiger partial charge in [-0.1, -0.05) is 12.1 Å². The highest BCUT2D eigenvalue weighted by molar-refractivity contribution is 5.94. The number of aliphatic imine (C=N–C) groups is 1. The van der Waals surface area contributed by atoms with Crippen molar-refractivity contribution in [1.29, 1.82) is 0 Å². The molecule has 0 saturated carbocycles. The topological polar surface area (TPSA) is 299 Å². The van der Waals surface area contributed by atoms with Crippen molar-refractivity contribution in [2.45, 2.75) is 56.3 Å². The van der Waals surface area contributed by atoms with Crippen molar-refractivity contribution in [1.82, 2.24) is 16.0 Å². The SMILES string of the molecule is NC(=O)CCC(NC(=O)C(N)CCCN=C(N)N)C(=O)NC(Cc1ccc(O)cc1)C(=O)NC(CO)C(=O)O. The van der Waals surface area contributed by atoms with E-state index in [0.29, 0.717) is 12.0 Å². The lowest BCUT2D eigenvalue weighted by molar-refractivity contribution is -0.143. The van der Waals surface area contributed by atoms with E-state index in [1.165, 1.54) is 24.3 Å². The van der Waals surface area contributed by atoms with Crippen molar-refractivity contribution in [3.8, 4) is 5.75 Å². The first kappa shape index (κ1) is 32.6. The summed E-state index contributed by atoms with van der Waals surface area (Å²) < 4.78 is 0. The molecule has 0 aliphatic heterocycles. The van der Waals surface area contributed by atoms with Gasteiger partial charge in [0, 0.05) is 19.4 Å². The van der Waals surface area contributed by atoms with Crippen LogP contribution in [-0.4, -0.2) is 88.2 Å². The molecule has 0 heterocycles. The molecule has 0 saturated heterocycles. The number of rotatable bonds is 17. The van der Waals surface area contributed by atoms with Crippen molar-refractivity contribution < 1.29 is 39.3 Å². The van der Waals surface area contributed by atoms with E-state index in [1.807, 2.05) is 0 Å². The van der Waals surface area contributed by atoms with E-state index in [0.717, 1.165) is 0 Å². The van der Waals surface area contributed by atoms with Gasteiger partial charge in [-0.3, -0.25) is 24.2 Å². The van der Waals surface area contributed by atoms with Crippen LogP contribution in [0.5, 0.6) is 5.75 Å². The number of benzene rings is 1. The molecule has 1 aromatic carbocycles. The van der Waals surface area contributed by atoms with Crippen LogP contribution in [0, 0.1) is 0 Å². The van der Waals surface area contributed by atoms with Gasteiger partial charge in [-0.2, -0.15) is 0 Å². The number of nitrogens with one attached hydrogen (secondary N) is 3. The number of phenols is 1. The number of carbonyl (C=O) groups is 5. The lowest BCUT2D eigenvalue weighted by Crippen LogP contribution is -2.58. The van der Waals surface area contributed by atoms with Crippen molar-refractivity contribution in [3.63, 3.8) is 0 Å². The number of aliphatic carboxylic acids is 1. The number of primary amides is 1. The van der Waals surface area contributed by atoms with Gasteiger partial charge < -0.3 is 54.2 Å². The van der Waals surface area contributed by atoms with E-state index in [4.69, 9.17) is 28.0 Å². The highest BCUT2D eigenvalue weighted by Gasteiger charge is 2.30. The molecule has 4 amide bonds. The zero-order valence-corrected chi connectivity index (χ0v) is 21.2. The second kappa shape index (κ2) is 16.4. The lowest BCUT2D eigenvalue weighted by Gasteiger charge is -2.25. The summed E-state index contributed by atoms with van der Waals surface area (Å²) in [4.78, 5) is 65.0. The number of aliphatic hydroxyl groups is 1. The van der Waals surface area contributed by atoms with Crippen LogP contribution in [0.4, 0.5) is 0 Å². The molecule has 16 nitrogen and oxygen atoms in total. The molecule has 14 N–H and O–H groups in total. The molecule has 1 rings (SSSR count). The van der Waals surface area contributed by atoms with Crippen LogP contribution in [0.3, 0.4) is 0 Å². The van der Waals surface area contributed by atoms with Crippen LogP contribution >= 0.6 is 0 Å². The molecule has 0 bridgehead atoms. The van der Waals surface area contributed by atoms with Gasteiger partial charge in [-0.15, -0.1) is 0 Å². The normalized spacial score (nSPS) is 13.7. The van der Waals surface area contributed by atoms with Crippen molar-refractivity contribution in [3.05, 3.63) is 29.8 Å². The summed E-state index contributed by atoms with van der Waals surface area (Å²) in [6, 6.07) is 0.300. The minimum absolute atomic E-state index is 0.0427. The molecule has 39 heavy (non-hydrogen) atoms. The highest BCUT2D eigenvalue weighted by atomic mass is 16.4. The van der Waals surface area contributed by atoms with Gasteiger partial charge in [0.25, 0.3) is 0 Å². The number of hydrogen-bond acceptors (Lipinski definition) is 9. The minimum Gasteiger partial charge on any atom is -0.508 e. The number of nitrogens with two attached hydrogens (primary N) is 4. The number of nitrogens with zero attached hydrogens (tertiary/aromatic N) is 1. The predicted octanol–water partition coefficient (Wildman–Crippen LogP) is -3.89. The quantitative estimate of drug-likeness (QED) is 0.0506. The van der Waals surface area contributed by atoms with Crippen LogP contribution in [0.25, 0.3) is 0 Å². The van der Waals surface area contributed by atoms with Gasteiger partial charge in [0.1, 0.15) is 23.9 Å². The van der Waals surface area contributed by atoms with E-state index >= 15 is 0 Å². The fourth-order valence-electron chi connectivity index (χ4n) is 3.29. The second-order valence-corrected chi connectivity index (χ2v) is 8.64. The summed E-state index contributed by atoms with van der Waals surface area (Å²) in [6.45, 7) is -0.673. The molecular weight excluding hydrogens is 516 g/mol. The number of amides is 4. The average molecular weight is 553 g/mol. The maximum atomic E-state index is 13.1. The van der Waals surface area contributed by atoms with E-state index < -0.39 is 60.4 Å². The van der Waals surface area contributed by atoms with E-state index in [9.17, 15) is 34.2 Å². The molecule has 16 heteroatoms. The minimum atomic E-state index is -1.64. The molecule has 1 aromatic rings. The number of carboxylic acids is 1. The summed E-state index contributed by atoms with van der Waals surface area (Å²) >= 11 is 0. The fourth-order valence-corrected chi connectivity index (χ4v) is 3.29. The predicted molar refractivity (Wildman–Crippen MR) is 139 cm³/mol. The highest BCUT2D eigenvalue weighted by Crippen LogP contribution is 2.12. The zero-order valence-electron chi connectivity index (χ0n) is 21.2. The van der Waals surface area contributed by atoms with Crippen LogP contribution < -0.4 is 38.9 Å². The van der Waals surface area contributed by atoms with Crippen LogP contribution in [-0.2, 0) is 30.4 Å². The summed E-state index contributed by atoms with van der Waals surface area (Å²) in [5, 5.41) is 34.9. The number of phenolic OH excluding ortho intramolecular Hbond substituents is 1. The third-order valence-corrected chi connectivity index (χ3v) is 5.42. The molecular formula is C23H36N8O8. The van der Waals surface area contributed by atoms with Crippen LogP contribution in [0.2, 0.25) is 0 Å². The first-order valence-electron chi connectivity index (χ1n) is 12.0. The molecule has 0 radical (unpaired) electrons. The molecule has 0 aliphatic rings. The Morgan fingerprint density at radius 3 is 1.95 bits per heavy atom. The van der Waals surface area contributed by atoms with E-state index in [1.54, 1.807) is 0 Å². The van der Waals surface area contributed by atoms with Crippen molar-refractivity contribution in [2.75, 3.05) is 13.2 Å². The summed E-state index contributed by atoms with van der Waals surface area (Å²) in [5.74, 6) is -4.92. The Hall–Kier alpha value is -4.44. The maximum Gasteiger partial charge on any atom is 0.328 e. The molecule has 4 unspecified atom stereocenters. The molecule has 4 atom stereocenters. The van der Waals surface area contributed by atoms with E-state index in [2.05, 4.69) is 20.9 Å². The maximum absolute atomic E-state index is 13.1. The average Bonchev–Trinajstić information content (AvgIpc) is 2.87. The summed E-state index contributed by atoms with van der Waals surface area (Å²) in [7, 11) is 0. The number of aliphatic hydroxyl groups excluding tert-OH is 1. The number of carbonyl (C=O) groups excluding carboxylic acids is 4. The third-order valence-electron chi connectivity index (χ3n) is 5.42. The first-order valence-corrected chi connectivity index (χ1v) is 12.0. The van der Waals surface area contributed by atoms with E-state index in [-0.39, 0.29) is 43.9 Å². The number of aromatic hydroxyl groups is 1. The number of carboxylic acid groups (broad SMARTS) is 1. The Balaban J connectivity index is 3.07. The lowest BCUT2D eigenvalue weighted by atomic mass is 10.0. The summed E-state index contributed by atoms with van der Waals surface area (Å²) in [5.41, 5.74) is 22.1. The number of hydrogen-bond donors (Lipinski definition) is 10.